The van der Waals surface area contributed by atoms with Crippen LogP contribution < -0.4 is 0 Å². The molecule has 0 radical (unpaired) electrons. The van der Waals surface area contributed by atoms with Gasteiger partial charge >= 0.3 is 0 Å². The molecule has 0 unspecified atom stereocenters. The molecule has 1 saturated carbocycles. The van der Waals surface area contributed by atoms with Crippen LogP contribution in [0.25, 0.3) is 0 Å². The molecule has 0 bridgehead atoms. The highest BCUT2D eigenvalue weighted by Crippen LogP contribution is 2.20. The van der Waals surface area contributed by atoms with E-state index in [4.69, 9.17) is 11.6 Å². The number of carbonyl (C=O) groups excluding carboxylic acids is 1. The largest absolute Gasteiger partial charge is 0.295 e. The Morgan fingerprint density at radius 1 is 1.57 bits per heavy atom. The van der Waals surface area contributed by atoms with Crippen molar-refractivity contribution in [2.75, 3.05) is 0 Å². The van der Waals surface area contributed by atoms with Gasteiger partial charge in [-0.1, -0.05) is 11.6 Å². The zero-order valence-electron chi connectivity index (χ0n) is 3.78. The third-order valence-electron chi connectivity index (χ3n) is 1.11. The molecule has 0 aliphatic heterocycles. The lowest BCUT2D eigenvalue weighted by molar-refractivity contribution is -0.118. The van der Waals surface area contributed by atoms with Crippen molar-refractivity contribution in [1.82, 2.24) is 0 Å². The minimum absolute atomic E-state index is 0.204. The average molecular weight is 117 g/mol. The molecule has 0 spiro atoms. The first-order valence-corrected chi connectivity index (χ1v) is 2.60. The molecule has 0 atom stereocenters. The molecule has 1 rings (SSSR count). The number of hydrogen-bond donors (Lipinski definition) is 0. The SMILES string of the molecule is O=C1CC/C1=C/Cl. The monoisotopic (exact) mass is 116 g/mol. The molecule has 0 saturated heterocycles. The molecular weight excluding hydrogens is 112 g/mol. The molecule has 7 heavy (non-hydrogen) atoms. The summed E-state index contributed by atoms with van der Waals surface area (Å²) < 4.78 is 0. The van der Waals surface area contributed by atoms with E-state index in [0.717, 1.165) is 12.0 Å². The molecule has 1 nitrogen and oxygen atoms in total. The standard InChI is InChI=1S/C5H5ClO/c6-3-4-1-2-5(4)7/h3H,1-2H2/b4-3-. The third kappa shape index (κ3) is 0.682. The second-order valence-electron chi connectivity index (χ2n) is 1.56. The fraction of sp³-hybridized carbons (Fsp3) is 0.400. The van der Waals surface area contributed by atoms with Crippen LogP contribution in [0.5, 0.6) is 0 Å². The highest BCUT2D eigenvalue weighted by molar-refractivity contribution is 6.28. The van der Waals surface area contributed by atoms with Crippen LogP contribution in [0.2, 0.25) is 0 Å². The highest BCUT2D eigenvalue weighted by Gasteiger charge is 2.18. The molecular formula is C5H5ClO. The van der Waals surface area contributed by atoms with Crippen molar-refractivity contribution >= 4 is 17.4 Å². The van der Waals surface area contributed by atoms with E-state index in [9.17, 15) is 4.79 Å². The smallest absolute Gasteiger partial charge is 0.160 e. The van der Waals surface area contributed by atoms with Gasteiger partial charge in [-0.2, -0.15) is 0 Å². The van der Waals surface area contributed by atoms with Crippen molar-refractivity contribution < 1.29 is 4.79 Å². The summed E-state index contributed by atoms with van der Waals surface area (Å²) in [5, 5.41) is 0. The number of halogens is 1. The topological polar surface area (TPSA) is 17.1 Å². The van der Waals surface area contributed by atoms with Crippen molar-refractivity contribution in [2.45, 2.75) is 12.8 Å². The number of rotatable bonds is 0. The van der Waals surface area contributed by atoms with Gasteiger partial charge in [0.2, 0.25) is 0 Å². The minimum Gasteiger partial charge on any atom is -0.295 e. The van der Waals surface area contributed by atoms with Crippen molar-refractivity contribution in [3.05, 3.63) is 11.1 Å². The second-order valence-corrected chi connectivity index (χ2v) is 1.78. The fourth-order valence-electron chi connectivity index (χ4n) is 0.487. The summed E-state index contributed by atoms with van der Waals surface area (Å²) in [5.74, 6) is 0.204. The van der Waals surface area contributed by atoms with Gasteiger partial charge in [0.1, 0.15) is 0 Å². The van der Waals surface area contributed by atoms with Crippen LogP contribution in [0.1, 0.15) is 12.8 Å². The van der Waals surface area contributed by atoms with Crippen molar-refractivity contribution in [2.24, 2.45) is 0 Å². The summed E-state index contributed by atoms with van der Waals surface area (Å²) in [6.45, 7) is 0. The fourth-order valence-corrected chi connectivity index (χ4v) is 0.718. The summed E-state index contributed by atoms with van der Waals surface area (Å²) in [5.41, 5.74) is 2.15. The van der Waals surface area contributed by atoms with Crippen LogP contribution in [0.3, 0.4) is 0 Å². The van der Waals surface area contributed by atoms with Gasteiger partial charge in [-0.3, -0.25) is 4.79 Å². The maximum absolute atomic E-state index is 10.3. The van der Waals surface area contributed by atoms with Crippen LogP contribution in [0, 0.1) is 0 Å². The Hall–Kier alpha value is -0.300. The van der Waals surface area contributed by atoms with Gasteiger partial charge in [0.25, 0.3) is 0 Å². The number of hydrogen-bond acceptors (Lipinski definition) is 1. The van der Waals surface area contributed by atoms with Gasteiger partial charge in [0.15, 0.2) is 5.78 Å². The molecule has 2 heteroatoms. The number of allylic oxidation sites excluding steroid dienone is 1. The Morgan fingerprint density at radius 3 is 2.29 bits per heavy atom. The molecule has 0 heterocycles. The van der Waals surface area contributed by atoms with Crippen LogP contribution >= 0.6 is 11.6 Å². The van der Waals surface area contributed by atoms with E-state index in [1.165, 1.54) is 5.54 Å². The van der Waals surface area contributed by atoms with E-state index in [1.54, 1.807) is 0 Å². The van der Waals surface area contributed by atoms with Gasteiger partial charge in [-0.15, -0.1) is 0 Å². The summed E-state index contributed by atoms with van der Waals surface area (Å²) in [6.07, 6.45) is 1.57. The molecule has 1 aliphatic carbocycles. The van der Waals surface area contributed by atoms with Gasteiger partial charge in [-0.05, 0) is 6.42 Å². The Kier molecular flexibility index (Phi) is 1.15. The quantitative estimate of drug-likeness (QED) is 0.438. The average Bonchev–Trinajstić information content (AvgIpc) is 1.65. The van der Waals surface area contributed by atoms with Crippen molar-refractivity contribution in [3.63, 3.8) is 0 Å². The minimum atomic E-state index is 0.204. The van der Waals surface area contributed by atoms with Gasteiger partial charge < -0.3 is 0 Å². The summed E-state index contributed by atoms with van der Waals surface area (Å²) >= 11 is 5.22. The van der Waals surface area contributed by atoms with Crippen molar-refractivity contribution in [1.29, 1.82) is 0 Å². The number of ketones is 1. The lowest BCUT2D eigenvalue weighted by Crippen LogP contribution is -2.12. The third-order valence-corrected chi connectivity index (χ3v) is 1.37. The molecule has 0 amide bonds. The maximum Gasteiger partial charge on any atom is 0.160 e. The van der Waals surface area contributed by atoms with Gasteiger partial charge in [-0.25, -0.2) is 0 Å². The molecule has 0 aromatic heterocycles. The van der Waals surface area contributed by atoms with E-state index in [-0.39, 0.29) is 5.78 Å². The normalized spacial score (nSPS) is 25.3. The zero-order chi connectivity index (χ0) is 5.28. The van der Waals surface area contributed by atoms with E-state index in [0.29, 0.717) is 6.42 Å². The molecule has 1 fully saturated rings. The van der Waals surface area contributed by atoms with Crippen LogP contribution in [0.4, 0.5) is 0 Å². The Morgan fingerprint density at radius 2 is 2.29 bits per heavy atom. The van der Waals surface area contributed by atoms with E-state index in [2.05, 4.69) is 0 Å². The van der Waals surface area contributed by atoms with E-state index < -0.39 is 0 Å². The van der Waals surface area contributed by atoms with Crippen LogP contribution in [-0.2, 0) is 4.79 Å². The lowest BCUT2D eigenvalue weighted by atomic mass is 9.93. The predicted molar refractivity (Wildman–Crippen MR) is 28.2 cm³/mol. The highest BCUT2D eigenvalue weighted by atomic mass is 35.5. The predicted octanol–water partition coefficient (Wildman–Crippen LogP) is 1.47. The summed E-state index contributed by atoms with van der Waals surface area (Å²) in [7, 11) is 0. The lowest BCUT2D eigenvalue weighted by Gasteiger charge is -2.11. The maximum atomic E-state index is 10.3. The zero-order valence-corrected chi connectivity index (χ0v) is 4.53. The first-order valence-electron chi connectivity index (χ1n) is 2.17. The van der Waals surface area contributed by atoms with E-state index in [1.807, 2.05) is 0 Å². The summed E-state index contributed by atoms with van der Waals surface area (Å²) in [6, 6.07) is 0. The first-order chi connectivity index (χ1) is 3.34. The Balaban J connectivity index is 2.61. The van der Waals surface area contributed by atoms with Crippen LogP contribution in [-0.4, -0.2) is 5.78 Å². The molecule has 0 aromatic carbocycles. The summed E-state index contributed by atoms with van der Waals surface area (Å²) in [4.78, 5) is 10.3. The first kappa shape index (κ1) is 4.85. The number of Topliss-reactive ketones (excluding diaryl/α,β-unsaturated/α-hetero) is 1. The van der Waals surface area contributed by atoms with Gasteiger partial charge in [0.05, 0.1) is 0 Å². The molecule has 1 aliphatic rings. The Bertz CT molecular complexity index is 126. The second kappa shape index (κ2) is 1.66. The van der Waals surface area contributed by atoms with Crippen LogP contribution in [0.15, 0.2) is 11.1 Å². The van der Waals surface area contributed by atoms with E-state index >= 15 is 0 Å². The van der Waals surface area contributed by atoms with Gasteiger partial charge in [0, 0.05) is 17.5 Å². The molecule has 0 N–H and O–H groups in total. The molecule has 38 valence electrons. The van der Waals surface area contributed by atoms with Crippen molar-refractivity contribution in [3.8, 4) is 0 Å². The Labute approximate surface area is 47.0 Å². The number of carbonyl (C=O) groups is 1. The molecule has 0 aromatic rings.